The number of amides is 1. The normalized spacial score (nSPS) is 10.2. The van der Waals surface area contributed by atoms with Crippen molar-refractivity contribution in [1.82, 2.24) is 4.90 Å². The first-order chi connectivity index (χ1) is 11.5. The van der Waals surface area contributed by atoms with Gasteiger partial charge in [-0.1, -0.05) is 19.1 Å². The maximum atomic E-state index is 12.1. The summed E-state index contributed by atoms with van der Waals surface area (Å²) in [6.45, 7) is 2.79. The number of nitrogens with zero attached hydrogens (tertiary/aromatic N) is 2. The number of ether oxygens (including phenoxy) is 1. The van der Waals surface area contributed by atoms with Gasteiger partial charge in [0.25, 0.3) is 0 Å². The molecule has 1 amide bonds. The van der Waals surface area contributed by atoms with Crippen molar-refractivity contribution < 1.29 is 24.4 Å². The van der Waals surface area contributed by atoms with Gasteiger partial charge < -0.3 is 14.7 Å². The molecule has 0 aliphatic heterocycles. The van der Waals surface area contributed by atoms with E-state index < -0.39 is 10.9 Å². The van der Waals surface area contributed by atoms with Gasteiger partial charge in [-0.15, -0.1) is 0 Å². The number of para-hydroxylation sites is 2. The Morgan fingerprint density at radius 3 is 2.58 bits per heavy atom. The van der Waals surface area contributed by atoms with Crippen molar-refractivity contribution in [2.45, 2.75) is 32.6 Å². The van der Waals surface area contributed by atoms with Crippen LogP contribution in [0.5, 0.6) is 5.75 Å². The predicted molar refractivity (Wildman–Crippen MR) is 86.9 cm³/mol. The van der Waals surface area contributed by atoms with E-state index in [0.29, 0.717) is 13.0 Å². The van der Waals surface area contributed by atoms with Crippen LogP contribution in [0.2, 0.25) is 0 Å². The second-order valence-corrected chi connectivity index (χ2v) is 5.20. The van der Waals surface area contributed by atoms with Crippen LogP contribution in [-0.2, 0) is 9.59 Å². The van der Waals surface area contributed by atoms with Crippen LogP contribution in [0.15, 0.2) is 24.3 Å². The van der Waals surface area contributed by atoms with Crippen molar-refractivity contribution in [1.29, 1.82) is 0 Å². The van der Waals surface area contributed by atoms with Gasteiger partial charge in [-0.25, -0.2) is 0 Å². The molecule has 0 unspecified atom stereocenters. The van der Waals surface area contributed by atoms with E-state index in [1.165, 1.54) is 17.0 Å². The molecule has 0 bridgehead atoms. The second kappa shape index (κ2) is 10.2. The molecule has 0 aliphatic carbocycles. The summed E-state index contributed by atoms with van der Waals surface area (Å²) in [4.78, 5) is 34.6. The van der Waals surface area contributed by atoms with Crippen LogP contribution >= 0.6 is 0 Å². The number of nitro groups is 1. The summed E-state index contributed by atoms with van der Waals surface area (Å²) < 4.78 is 5.38. The molecule has 0 spiro atoms. The van der Waals surface area contributed by atoms with Crippen molar-refractivity contribution in [3.05, 3.63) is 34.4 Å². The van der Waals surface area contributed by atoms with Gasteiger partial charge >= 0.3 is 11.7 Å². The lowest BCUT2D eigenvalue weighted by Gasteiger charge is -2.21. The molecule has 132 valence electrons. The van der Waals surface area contributed by atoms with Crippen LogP contribution in [0.1, 0.15) is 32.6 Å². The van der Waals surface area contributed by atoms with E-state index in [1.807, 2.05) is 6.92 Å². The van der Waals surface area contributed by atoms with Crippen LogP contribution in [0, 0.1) is 10.1 Å². The molecule has 8 heteroatoms. The zero-order valence-electron chi connectivity index (χ0n) is 13.6. The fraction of sp³-hybridized carbons (Fsp3) is 0.500. The number of carboxylic acid groups (broad SMARTS) is 1. The minimum atomic E-state index is -0.941. The molecule has 0 fully saturated rings. The number of carbonyl (C=O) groups is 2. The quantitative estimate of drug-likeness (QED) is 0.377. The minimum absolute atomic E-state index is 0.0849. The number of rotatable bonds is 11. The van der Waals surface area contributed by atoms with Gasteiger partial charge in [-0.2, -0.15) is 0 Å². The lowest BCUT2D eigenvalue weighted by molar-refractivity contribution is -0.385. The van der Waals surface area contributed by atoms with Gasteiger partial charge in [0.1, 0.15) is 0 Å². The highest BCUT2D eigenvalue weighted by Gasteiger charge is 2.15. The largest absolute Gasteiger partial charge is 0.487 e. The van der Waals surface area contributed by atoms with Crippen LogP contribution < -0.4 is 4.74 Å². The predicted octanol–water partition coefficient (Wildman–Crippen LogP) is 2.47. The van der Waals surface area contributed by atoms with Gasteiger partial charge in [-0.3, -0.25) is 19.7 Å². The molecule has 0 atom stereocenters. The molecule has 0 saturated carbocycles. The standard InChI is InChI=1S/C16H22N2O6/c1-2-10-17(11-9-16(20)21)15(19)8-5-12-24-14-7-4-3-6-13(14)18(22)23/h3-4,6-7H,2,5,8-12H2,1H3,(H,20,21). The summed E-state index contributed by atoms with van der Waals surface area (Å²) in [6.07, 6.45) is 1.27. The number of carbonyl (C=O) groups excluding carboxylic acids is 1. The molecule has 0 radical (unpaired) electrons. The first-order valence-electron chi connectivity index (χ1n) is 7.81. The van der Waals surface area contributed by atoms with Crippen LogP contribution in [0.25, 0.3) is 0 Å². The number of hydrogen-bond donors (Lipinski definition) is 1. The van der Waals surface area contributed by atoms with Crippen molar-refractivity contribution in [2.24, 2.45) is 0 Å². The van der Waals surface area contributed by atoms with E-state index in [4.69, 9.17) is 9.84 Å². The average molecular weight is 338 g/mol. The highest BCUT2D eigenvalue weighted by atomic mass is 16.6. The summed E-state index contributed by atoms with van der Waals surface area (Å²) >= 11 is 0. The smallest absolute Gasteiger partial charge is 0.310 e. The summed E-state index contributed by atoms with van der Waals surface area (Å²) in [7, 11) is 0. The van der Waals surface area contributed by atoms with Crippen molar-refractivity contribution in [2.75, 3.05) is 19.7 Å². The minimum Gasteiger partial charge on any atom is -0.487 e. The Hall–Kier alpha value is -2.64. The molecule has 8 nitrogen and oxygen atoms in total. The molecule has 1 aromatic carbocycles. The van der Waals surface area contributed by atoms with Crippen molar-refractivity contribution >= 4 is 17.6 Å². The fourth-order valence-electron chi connectivity index (χ4n) is 2.16. The van der Waals surface area contributed by atoms with Crippen LogP contribution in [0.4, 0.5) is 5.69 Å². The molecular weight excluding hydrogens is 316 g/mol. The van der Waals surface area contributed by atoms with Gasteiger partial charge in [0.05, 0.1) is 18.0 Å². The molecule has 0 heterocycles. The van der Waals surface area contributed by atoms with E-state index in [0.717, 1.165) is 6.42 Å². The number of carboxylic acids is 1. The number of benzene rings is 1. The Morgan fingerprint density at radius 1 is 1.25 bits per heavy atom. The van der Waals surface area contributed by atoms with Crippen LogP contribution in [0.3, 0.4) is 0 Å². The average Bonchev–Trinajstić information content (AvgIpc) is 2.55. The third kappa shape index (κ3) is 6.64. The number of aliphatic carboxylic acids is 1. The van der Waals surface area contributed by atoms with E-state index >= 15 is 0 Å². The molecule has 0 aliphatic rings. The Kier molecular flexibility index (Phi) is 8.24. The molecule has 1 aromatic rings. The monoisotopic (exact) mass is 338 g/mol. The Morgan fingerprint density at radius 2 is 1.96 bits per heavy atom. The zero-order chi connectivity index (χ0) is 17.9. The maximum Gasteiger partial charge on any atom is 0.310 e. The third-order valence-electron chi connectivity index (χ3n) is 3.30. The highest BCUT2D eigenvalue weighted by molar-refractivity contribution is 5.77. The summed E-state index contributed by atoms with van der Waals surface area (Å²) in [6, 6.07) is 6.06. The lowest BCUT2D eigenvalue weighted by Crippen LogP contribution is -2.33. The van der Waals surface area contributed by atoms with Gasteiger partial charge in [0.2, 0.25) is 5.91 Å². The Labute approximate surface area is 140 Å². The summed E-state index contributed by atoms with van der Waals surface area (Å²) in [5, 5.41) is 19.6. The van der Waals surface area contributed by atoms with Crippen molar-refractivity contribution in [3.8, 4) is 5.75 Å². The molecule has 0 saturated heterocycles. The Bertz CT molecular complexity index is 575. The molecule has 1 rings (SSSR count). The van der Waals surface area contributed by atoms with E-state index in [9.17, 15) is 19.7 Å². The third-order valence-corrected chi connectivity index (χ3v) is 3.30. The van der Waals surface area contributed by atoms with E-state index in [1.54, 1.807) is 12.1 Å². The maximum absolute atomic E-state index is 12.1. The van der Waals surface area contributed by atoms with E-state index in [-0.39, 0.29) is 43.3 Å². The first-order valence-corrected chi connectivity index (χ1v) is 7.81. The summed E-state index contributed by atoms with van der Waals surface area (Å²) in [5.74, 6) is -0.904. The highest BCUT2D eigenvalue weighted by Crippen LogP contribution is 2.25. The van der Waals surface area contributed by atoms with Crippen LogP contribution in [-0.4, -0.2) is 46.5 Å². The fourth-order valence-corrected chi connectivity index (χ4v) is 2.16. The zero-order valence-corrected chi connectivity index (χ0v) is 13.6. The van der Waals surface area contributed by atoms with Crippen molar-refractivity contribution in [3.63, 3.8) is 0 Å². The lowest BCUT2D eigenvalue weighted by atomic mass is 10.2. The second-order valence-electron chi connectivity index (χ2n) is 5.20. The summed E-state index contributed by atoms with van der Waals surface area (Å²) in [5.41, 5.74) is -0.113. The van der Waals surface area contributed by atoms with Gasteiger partial charge in [0, 0.05) is 25.6 Å². The Balaban J connectivity index is 2.44. The van der Waals surface area contributed by atoms with Gasteiger partial charge in [-0.05, 0) is 18.9 Å². The number of nitro benzene ring substituents is 1. The molecule has 1 N–H and O–H groups in total. The molecule has 0 aromatic heterocycles. The SMILES string of the molecule is CCCN(CCC(=O)O)C(=O)CCCOc1ccccc1[N+](=O)[O-]. The number of hydrogen-bond acceptors (Lipinski definition) is 5. The topological polar surface area (TPSA) is 110 Å². The van der Waals surface area contributed by atoms with Gasteiger partial charge in [0.15, 0.2) is 5.75 Å². The molecular formula is C16H22N2O6. The molecule has 24 heavy (non-hydrogen) atoms. The first kappa shape index (κ1) is 19.4. The van der Waals surface area contributed by atoms with E-state index in [2.05, 4.69) is 0 Å².